The van der Waals surface area contributed by atoms with Gasteiger partial charge in [0, 0.05) is 17.0 Å². The van der Waals surface area contributed by atoms with E-state index in [1.54, 1.807) is 36.8 Å². The third kappa shape index (κ3) is 3.43. The third-order valence-corrected chi connectivity index (χ3v) is 3.98. The van der Waals surface area contributed by atoms with Crippen LogP contribution in [0.2, 0.25) is 0 Å². The van der Waals surface area contributed by atoms with Crippen molar-refractivity contribution in [3.8, 4) is 5.75 Å². The van der Waals surface area contributed by atoms with Crippen LogP contribution in [0.5, 0.6) is 5.75 Å². The van der Waals surface area contributed by atoms with Gasteiger partial charge in [0.05, 0.1) is 7.11 Å². The molecule has 1 fully saturated rings. The molecule has 7 heteroatoms. The summed E-state index contributed by atoms with van der Waals surface area (Å²) in [4.78, 5) is 28.1. The van der Waals surface area contributed by atoms with Gasteiger partial charge < -0.3 is 10.1 Å². The van der Waals surface area contributed by atoms with Crippen LogP contribution in [0.25, 0.3) is 0 Å². The molecule has 3 rings (SSSR count). The number of nitrogens with zero attached hydrogens (tertiary/aromatic N) is 1. The molecule has 1 saturated carbocycles. The molecule has 1 aliphatic rings. The highest BCUT2D eigenvalue weighted by Crippen LogP contribution is 2.21. The minimum Gasteiger partial charge on any atom is -0.497 e. The maximum Gasteiger partial charge on any atom is 0.271 e. The number of methoxy groups -OCH3 is 1. The summed E-state index contributed by atoms with van der Waals surface area (Å²) in [7, 11) is 1.57. The summed E-state index contributed by atoms with van der Waals surface area (Å²) in [6.45, 7) is 0. The van der Waals surface area contributed by atoms with Gasteiger partial charge in [0.1, 0.15) is 11.4 Å². The zero-order valence-electron chi connectivity index (χ0n) is 12.0. The summed E-state index contributed by atoms with van der Waals surface area (Å²) < 4.78 is 5.05. The number of hydrogen-bond acceptors (Lipinski definition) is 5. The number of thiazole rings is 1. The number of rotatable bonds is 5. The maximum atomic E-state index is 12.1. The Bertz CT molecular complexity index is 692. The van der Waals surface area contributed by atoms with Crippen molar-refractivity contribution in [2.24, 2.45) is 0 Å². The Balaban J connectivity index is 1.63. The van der Waals surface area contributed by atoms with Crippen LogP contribution >= 0.6 is 11.3 Å². The van der Waals surface area contributed by atoms with Gasteiger partial charge in [-0.2, -0.15) is 0 Å². The molecule has 1 aliphatic carbocycles. The van der Waals surface area contributed by atoms with E-state index in [0.717, 1.165) is 12.8 Å². The van der Waals surface area contributed by atoms with Crippen LogP contribution in [0.3, 0.4) is 0 Å². The Kier molecular flexibility index (Phi) is 4.06. The normalized spacial score (nSPS) is 13.5. The lowest BCUT2D eigenvalue weighted by molar-refractivity contribution is 0.0945. The summed E-state index contributed by atoms with van der Waals surface area (Å²) in [5, 5.41) is 7.59. The minimum absolute atomic E-state index is 0.191. The number of carbonyl (C=O) groups excluding carboxylic acids is 2. The molecule has 0 bridgehead atoms. The summed E-state index contributed by atoms with van der Waals surface area (Å²) in [5.41, 5.74) is 0.835. The molecule has 0 spiro atoms. The van der Waals surface area contributed by atoms with Gasteiger partial charge in [0.25, 0.3) is 11.8 Å². The summed E-state index contributed by atoms with van der Waals surface area (Å²) >= 11 is 1.23. The molecule has 0 saturated heterocycles. The van der Waals surface area contributed by atoms with Crippen LogP contribution in [0.4, 0.5) is 5.13 Å². The Morgan fingerprint density at radius 3 is 2.59 bits per heavy atom. The van der Waals surface area contributed by atoms with Gasteiger partial charge in [-0.05, 0) is 37.1 Å². The van der Waals surface area contributed by atoms with E-state index in [2.05, 4.69) is 15.6 Å². The molecule has 0 aliphatic heterocycles. The van der Waals surface area contributed by atoms with E-state index in [9.17, 15) is 9.59 Å². The molecular weight excluding hydrogens is 302 g/mol. The number of amides is 2. The standard InChI is InChI=1S/C15H15N3O3S/c1-21-11-6-2-9(3-7-11)13(19)18-15-17-12(8-22-15)14(20)16-10-4-5-10/h2-3,6-8,10H,4-5H2,1H3,(H,16,20)(H,17,18,19). The predicted molar refractivity (Wildman–Crippen MR) is 83.5 cm³/mol. The topological polar surface area (TPSA) is 80.3 Å². The minimum atomic E-state index is -0.272. The van der Waals surface area contributed by atoms with Crippen molar-refractivity contribution in [2.75, 3.05) is 12.4 Å². The molecule has 1 aromatic carbocycles. The smallest absolute Gasteiger partial charge is 0.271 e. The number of hydrogen-bond donors (Lipinski definition) is 2. The lowest BCUT2D eigenvalue weighted by Gasteiger charge is -2.03. The number of aromatic nitrogens is 1. The lowest BCUT2D eigenvalue weighted by atomic mass is 10.2. The number of benzene rings is 1. The van der Waals surface area contributed by atoms with Crippen molar-refractivity contribution >= 4 is 28.3 Å². The number of anilines is 1. The van der Waals surface area contributed by atoms with E-state index >= 15 is 0 Å². The Morgan fingerprint density at radius 2 is 1.95 bits per heavy atom. The third-order valence-electron chi connectivity index (χ3n) is 3.22. The second kappa shape index (κ2) is 6.15. The lowest BCUT2D eigenvalue weighted by Crippen LogP contribution is -2.25. The SMILES string of the molecule is COc1ccc(C(=O)Nc2nc(C(=O)NC3CC3)cs2)cc1. The molecule has 114 valence electrons. The van der Waals surface area contributed by atoms with E-state index < -0.39 is 0 Å². The second-order valence-electron chi connectivity index (χ2n) is 4.97. The first-order chi connectivity index (χ1) is 10.7. The molecule has 0 atom stereocenters. The number of nitrogens with one attached hydrogen (secondary N) is 2. The summed E-state index contributed by atoms with van der Waals surface area (Å²) in [6.07, 6.45) is 2.05. The highest BCUT2D eigenvalue weighted by atomic mass is 32.1. The van der Waals surface area contributed by atoms with Gasteiger partial charge >= 0.3 is 0 Å². The van der Waals surface area contributed by atoms with E-state index in [-0.39, 0.29) is 17.9 Å². The first kappa shape index (κ1) is 14.5. The molecule has 2 aromatic rings. The first-order valence-electron chi connectivity index (χ1n) is 6.87. The first-order valence-corrected chi connectivity index (χ1v) is 7.75. The highest BCUT2D eigenvalue weighted by molar-refractivity contribution is 7.14. The van der Waals surface area contributed by atoms with Crippen molar-refractivity contribution in [2.45, 2.75) is 18.9 Å². The van der Waals surface area contributed by atoms with Crippen molar-refractivity contribution in [3.63, 3.8) is 0 Å². The molecule has 1 heterocycles. The van der Waals surface area contributed by atoms with Crippen molar-refractivity contribution in [1.29, 1.82) is 0 Å². The van der Waals surface area contributed by atoms with Gasteiger partial charge in [-0.3, -0.25) is 14.9 Å². The van der Waals surface area contributed by atoms with Crippen LogP contribution < -0.4 is 15.4 Å². The fraction of sp³-hybridized carbons (Fsp3) is 0.267. The van der Waals surface area contributed by atoms with Crippen LogP contribution in [0.1, 0.15) is 33.7 Å². The van der Waals surface area contributed by atoms with E-state index in [1.165, 1.54) is 11.3 Å². The summed E-state index contributed by atoms with van der Waals surface area (Å²) in [5.74, 6) is 0.222. The monoisotopic (exact) mass is 317 g/mol. The van der Waals surface area contributed by atoms with Crippen LogP contribution in [0, 0.1) is 0 Å². The molecule has 6 nitrogen and oxygen atoms in total. The van der Waals surface area contributed by atoms with E-state index in [1.807, 2.05) is 0 Å². The summed E-state index contributed by atoms with van der Waals surface area (Å²) in [6, 6.07) is 7.05. The average Bonchev–Trinajstić information content (AvgIpc) is 3.22. The average molecular weight is 317 g/mol. The van der Waals surface area contributed by atoms with Gasteiger partial charge in [-0.15, -0.1) is 11.3 Å². The van der Waals surface area contributed by atoms with Crippen LogP contribution in [-0.2, 0) is 0 Å². The quantitative estimate of drug-likeness (QED) is 0.886. The van der Waals surface area contributed by atoms with Gasteiger partial charge in [-0.1, -0.05) is 0 Å². The molecule has 0 radical (unpaired) electrons. The van der Waals surface area contributed by atoms with E-state index in [0.29, 0.717) is 22.1 Å². The van der Waals surface area contributed by atoms with Crippen molar-refractivity contribution in [1.82, 2.24) is 10.3 Å². The molecule has 1 aromatic heterocycles. The fourth-order valence-corrected chi connectivity index (χ4v) is 2.52. The fourth-order valence-electron chi connectivity index (χ4n) is 1.83. The second-order valence-corrected chi connectivity index (χ2v) is 5.83. The van der Waals surface area contributed by atoms with Crippen LogP contribution in [0.15, 0.2) is 29.6 Å². The Morgan fingerprint density at radius 1 is 1.23 bits per heavy atom. The predicted octanol–water partition coefficient (Wildman–Crippen LogP) is 2.30. The van der Waals surface area contributed by atoms with Crippen molar-refractivity contribution < 1.29 is 14.3 Å². The number of carbonyl (C=O) groups is 2. The molecular formula is C15H15N3O3S. The zero-order chi connectivity index (χ0) is 15.5. The van der Waals surface area contributed by atoms with Gasteiger partial charge in [-0.25, -0.2) is 4.98 Å². The number of ether oxygens (including phenoxy) is 1. The molecule has 2 N–H and O–H groups in total. The van der Waals surface area contributed by atoms with Crippen LogP contribution in [-0.4, -0.2) is 29.9 Å². The maximum absolute atomic E-state index is 12.1. The molecule has 2 amide bonds. The highest BCUT2D eigenvalue weighted by Gasteiger charge is 2.25. The molecule has 0 unspecified atom stereocenters. The van der Waals surface area contributed by atoms with Gasteiger partial charge in [0.15, 0.2) is 5.13 Å². The van der Waals surface area contributed by atoms with E-state index in [4.69, 9.17) is 4.74 Å². The largest absolute Gasteiger partial charge is 0.497 e. The Labute approximate surface area is 131 Å². The van der Waals surface area contributed by atoms with Gasteiger partial charge in [0.2, 0.25) is 0 Å². The zero-order valence-corrected chi connectivity index (χ0v) is 12.8. The molecule has 22 heavy (non-hydrogen) atoms. The van der Waals surface area contributed by atoms with Crippen molar-refractivity contribution in [3.05, 3.63) is 40.9 Å². The Hall–Kier alpha value is -2.41.